The summed E-state index contributed by atoms with van der Waals surface area (Å²) in [5, 5.41) is 5.56. The number of carbonyl (C=O) groups is 2. The topological polar surface area (TPSA) is 68.3 Å². The molecule has 0 saturated carbocycles. The average Bonchev–Trinajstić information content (AvgIpc) is 3.06. The molecule has 2 heterocycles. The number of thiazole rings is 1. The van der Waals surface area contributed by atoms with Gasteiger partial charge in [0.15, 0.2) is 0 Å². The van der Waals surface area contributed by atoms with Crippen LogP contribution in [0, 0.1) is 6.92 Å². The fourth-order valence-corrected chi connectivity index (χ4v) is 3.57. The summed E-state index contributed by atoms with van der Waals surface area (Å²) in [6.45, 7) is 5.66. The standard InChI is InChI=1S/C15H18N2O3S2/c1-9(2)20-12(18)6-7-16-14(19)13-10(3)17-15(22-13)11-5-4-8-21-11/h4-5,8-9H,6-7H2,1-3H3,(H,16,19). The Labute approximate surface area is 137 Å². The molecule has 0 radical (unpaired) electrons. The maximum Gasteiger partial charge on any atom is 0.307 e. The van der Waals surface area contributed by atoms with Crippen LogP contribution in [-0.4, -0.2) is 29.5 Å². The lowest BCUT2D eigenvalue weighted by Gasteiger charge is -2.08. The first kappa shape index (κ1) is 16.6. The zero-order valence-corrected chi connectivity index (χ0v) is 14.3. The molecule has 0 unspecified atom stereocenters. The van der Waals surface area contributed by atoms with Gasteiger partial charge in [0.05, 0.1) is 23.1 Å². The first-order chi connectivity index (χ1) is 10.5. The van der Waals surface area contributed by atoms with Gasteiger partial charge in [-0.25, -0.2) is 4.98 Å². The zero-order chi connectivity index (χ0) is 16.1. The molecule has 2 rings (SSSR count). The Hall–Kier alpha value is -1.73. The van der Waals surface area contributed by atoms with E-state index in [1.54, 1.807) is 25.2 Å². The number of ether oxygens (including phenoxy) is 1. The number of thiophene rings is 1. The molecule has 1 N–H and O–H groups in total. The van der Waals surface area contributed by atoms with Gasteiger partial charge in [-0.3, -0.25) is 9.59 Å². The van der Waals surface area contributed by atoms with Gasteiger partial charge >= 0.3 is 5.97 Å². The molecule has 2 aromatic heterocycles. The molecule has 0 aliphatic rings. The Morgan fingerprint density at radius 2 is 2.18 bits per heavy atom. The molecule has 5 nitrogen and oxygen atoms in total. The maximum atomic E-state index is 12.2. The van der Waals surface area contributed by atoms with Crippen LogP contribution in [0.4, 0.5) is 0 Å². The minimum Gasteiger partial charge on any atom is -0.463 e. The van der Waals surface area contributed by atoms with E-state index in [9.17, 15) is 9.59 Å². The van der Waals surface area contributed by atoms with Crippen molar-refractivity contribution in [3.63, 3.8) is 0 Å². The average molecular weight is 338 g/mol. The molecule has 0 aromatic carbocycles. The number of esters is 1. The number of carbonyl (C=O) groups excluding carboxylic acids is 2. The van der Waals surface area contributed by atoms with E-state index >= 15 is 0 Å². The van der Waals surface area contributed by atoms with Crippen molar-refractivity contribution in [3.05, 3.63) is 28.1 Å². The van der Waals surface area contributed by atoms with Gasteiger partial charge in [0.25, 0.3) is 5.91 Å². The SMILES string of the molecule is Cc1nc(-c2cccs2)sc1C(=O)NCCC(=O)OC(C)C. The molecule has 0 aliphatic heterocycles. The van der Waals surface area contributed by atoms with E-state index in [0.29, 0.717) is 10.6 Å². The van der Waals surface area contributed by atoms with Crippen molar-refractivity contribution in [2.24, 2.45) is 0 Å². The smallest absolute Gasteiger partial charge is 0.307 e. The van der Waals surface area contributed by atoms with Gasteiger partial charge in [-0.05, 0) is 32.2 Å². The van der Waals surface area contributed by atoms with E-state index in [1.807, 2.05) is 24.4 Å². The van der Waals surface area contributed by atoms with Crippen LogP contribution in [0.3, 0.4) is 0 Å². The van der Waals surface area contributed by atoms with Crippen LogP contribution in [0.5, 0.6) is 0 Å². The number of hydrogen-bond acceptors (Lipinski definition) is 6. The van der Waals surface area contributed by atoms with Crippen molar-refractivity contribution in [2.75, 3.05) is 6.54 Å². The minimum atomic E-state index is -0.310. The summed E-state index contributed by atoms with van der Waals surface area (Å²) >= 11 is 2.96. The van der Waals surface area contributed by atoms with Gasteiger partial charge in [0.2, 0.25) is 0 Å². The van der Waals surface area contributed by atoms with E-state index in [1.165, 1.54) is 11.3 Å². The fourth-order valence-electron chi connectivity index (χ4n) is 1.79. The maximum absolute atomic E-state index is 12.2. The molecular formula is C15H18N2O3S2. The van der Waals surface area contributed by atoms with E-state index in [0.717, 1.165) is 9.88 Å². The fraction of sp³-hybridized carbons (Fsp3) is 0.400. The molecule has 0 fully saturated rings. The van der Waals surface area contributed by atoms with Crippen LogP contribution < -0.4 is 5.32 Å². The van der Waals surface area contributed by atoms with Crippen molar-refractivity contribution < 1.29 is 14.3 Å². The third-order valence-electron chi connectivity index (χ3n) is 2.72. The second-order valence-corrected chi connectivity index (χ2v) is 6.90. The number of hydrogen-bond donors (Lipinski definition) is 1. The third kappa shape index (κ3) is 4.38. The van der Waals surface area contributed by atoms with Crippen LogP contribution in [0.2, 0.25) is 0 Å². The van der Waals surface area contributed by atoms with Crippen LogP contribution >= 0.6 is 22.7 Å². The predicted octanol–water partition coefficient (Wildman–Crippen LogP) is 3.25. The Kier molecular flexibility index (Phi) is 5.68. The molecule has 7 heteroatoms. The summed E-state index contributed by atoms with van der Waals surface area (Å²) in [6, 6.07) is 3.93. The minimum absolute atomic E-state index is 0.139. The lowest BCUT2D eigenvalue weighted by atomic mass is 10.3. The first-order valence-corrected chi connectivity index (χ1v) is 8.66. The van der Waals surface area contributed by atoms with E-state index in [2.05, 4.69) is 10.3 Å². The number of amides is 1. The molecule has 118 valence electrons. The van der Waals surface area contributed by atoms with Crippen LogP contribution in [0.1, 0.15) is 35.6 Å². The zero-order valence-electron chi connectivity index (χ0n) is 12.7. The molecule has 22 heavy (non-hydrogen) atoms. The van der Waals surface area contributed by atoms with Crippen LogP contribution in [-0.2, 0) is 9.53 Å². The van der Waals surface area contributed by atoms with E-state index in [-0.39, 0.29) is 30.9 Å². The highest BCUT2D eigenvalue weighted by atomic mass is 32.1. The second kappa shape index (κ2) is 7.51. The molecular weight excluding hydrogens is 320 g/mol. The van der Waals surface area contributed by atoms with E-state index < -0.39 is 0 Å². The molecule has 0 spiro atoms. The highest BCUT2D eigenvalue weighted by Gasteiger charge is 2.16. The van der Waals surface area contributed by atoms with Gasteiger partial charge in [-0.1, -0.05) is 6.07 Å². The molecule has 0 bridgehead atoms. The van der Waals surface area contributed by atoms with Gasteiger partial charge in [-0.15, -0.1) is 22.7 Å². The van der Waals surface area contributed by atoms with Gasteiger partial charge in [-0.2, -0.15) is 0 Å². The lowest BCUT2D eigenvalue weighted by molar-refractivity contribution is -0.147. The molecule has 0 aliphatic carbocycles. The lowest BCUT2D eigenvalue weighted by Crippen LogP contribution is -2.27. The first-order valence-electron chi connectivity index (χ1n) is 6.96. The summed E-state index contributed by atoms with van der Waals surface area (Å²) < 4.78 is 5.02. The Balaban J connectivity index is 1.92. The number of nitrogens with one attached hydrogen (secondary N) is 1. The summed E-state index contributed by atoms with van der Waals surface area (Å²) in [4.78, 5) is 29.6. The monoisotopic (exact) mass is 338 g/mol. The van der Waals surface area contributed by atoms with Crippen molar-refractivity contribution in [3.8, 4) is 9.88 Å². The number of aryl methyl sites for hydroxylation is 1. The highest BCUT2D eigenvalue weighted by Crippen LogP contribution is 2.30. The molecule has 2 aromatic rings. The third-order valence-corrected chi connectivity index (χ3v) is 4.91. The van der Waals surface area contributed by atoms with Gasteiger partial charge in [0.1, 0.15) is 9.88 Å². The van der Waals surface area contributed by atoms with Gasteiger partial charge < -0.3 is 10.1 Å². The Bertz CT molecular complexity index is 648. The predicted molar refractivity (Wildman–Crippen MR) is 88.3 cm³/mol. The quantitative estimate of drug-likeness (QED) is 0.821. The Morgan fingerprint density at radius 1 is 1.41 bits per heavy atom. The number of nitrogens with zero attached hydrogens (tertiary/aromatic N) is 1. The summed E-state index contributed by atoms with van der Waals surface area (Å²) in [6.07, 6.45) is 0.0276. The molecule has 0 atom stereocenters. The second-order valence-electron chi connectivity index (χ2n) is 4.96. The van der Waals surface area contributed by atoms with Crippen molar-refractivity contribution in [2.45, 2.75) is 33.3 Å². The largest absolute Gasteiger partial charge is 0.463 e. The summed E-state index contributed by atoms with van der Waals surface area (Å²) in [5.74, 6) is -0.509. The summed E-state index contributed by atoms with van der Waals surface area (Å²) in [7, 11) is 0. The number of aromatic nitrogens is 1. The number of rotatable bonds is 6. The van der Waals surface area contributed by atoms with Crippen LogP contribution in [0.15, 0.2) is 17.5 Å². The van der Waals surface area contributed by atoms with E-state index in [4.69, 9.17) is 4.74 Å². The highest BCUT2D eigenvalue weighted by molar-refractivity contribution is 7.22. The van der Waals surface area contributed by atoms with Gasteiger partial charge in [0, 0.05) is 6.54 Å². The van der Waals surface area contributed by atoms with Crippen molar-refractivity contribution >= 4 is 34.6 Å². The summed E-state index contributed by atoms with van der Waals surface area (Å²) in [5.41, 5.74) is 0.704. The molecule has 0 saturated heterocycles. The normalized spacial score (nSPS) is 10.7. The van der Waals surface area contributed by atoms with Crippen molar-refractivity contribution in [1.29, 1.82) is 0 Å². The Morgan fingerprint density at radius 3 is 2.82 bits per heavy atom. The van der Waals surface area contributed by atoms with Crippen molar-refractivity contribution in [1.82, 2.24) is 10.3 Å². The van der Waals surface area contributed by atoms with Crippen LogP contribution in [0.25, 0.3) is 9.88 Å². The molecule has 1 amide bonds.